The molecule has 0 saturated carbocycles. The van der Waals surface area contributed by atoms with Crippen LogP contribution in [0.5, 0.6) is 0 Å². The van der Waals surface area contributed by atoms with Crippen LogP contribution >= 0.6 is 0 Å². The molecule has 1 N–H and O–H groups in total. The second-order valence-corrected chi connectivity index (χ2v) is 2.38. The molecule has 0 aromatic carbocycles. The predicted octanol–water partition coefficient (Wildman–Crippen LogP) is 1.01. The average molecular weight is 129 g/mol. The molecule has 1 fully saturated rings. The Kier molecular flexibility index (Phi) is 1.71. The molecular formula is C6H11NO2. The number of hydrogen-bond donors (Lipinski definition) is 1. The standard InChI is InChI=1S/C6H11NO2/c1-4-3-6(7-8)5(2)9-4/h4-5,8H,3H2,1-2H3. The lowest BCUT2D eigenvalue weighted by Crippen LogP contribution is -2.09. The SMILES string of the molecule is CC1CC(=NO)C(C)O1. The lowest BCUT2D eigenvalue weighted by Gasteiger charge is -2.01. The average Bonchev–Trinajstić information content (AvgIpc) is 2.10. The molecule has 2 atom stereocenters. The van der Waals surface area contributed by atoms with Crippen LogP contribution in [0.2, 0.25) is 0 Å². The Balaban J connectivity index is 2.58. The lowest BCUT2D eigenvalue weighted by molar-refractivity contribution is 0.0788. The Bertz CT molecular complexity index is 133. The van der Waals surface area contributed by atoms with Crippen LogP contribution in [0.4, 0.5) is 0 Å². The summed E-state index contributed by atoms with van der Waals surface area (Å²) < 4.78 is 5.27. The molecule has 0 aromatic heterocycles. The van der Waals surface area contributed by atoms with Gasteiger partial charge in [-0.3, -0.25) is 0 Å². The summed E-state index contributed by atoms with van der Waals surface area (Å²) in [6.45, 7) is 3.85. The minimum Gasteiger partial charge on any atom is -0.411 e. The van der Waals surface area contributed by atoms with E-state index in [4.69, 9.17) is 9.94 Å². The Morgan fingerprint density at radius 3 is 2.56 bits per heavy atom. The normalized spacial score (nSPS) is 40.0. The van der Waals surface area contributed by atoms with Crippen molar-refractivity contribution in [1.29, 1.82) is 0 Å². The summed E-state index contributed by atoms with van der Waals surface area (Å²) in [6.07, 6.45) is 0.980. The van der Waals surface area contributed by atoms with Crippen molar-refractivity contribution in [3.05, 3.63) is 0 Å². The van der Waals surface area contributed by atoms with Crippen LogP contribution in [0.15, 0.2) is 5.16 Å². The smallest absolute Gasteiger partial charge is 0.0965 e. The molecule has 1 aliphatic heterocycles. The van der Waals surface area contributed by atoms with Gasteiger partial charge in [0.2, 0.25) is 0 Å². The molecule has 0 aromatic rings. The van der Waals surface area contributed by atoms with Crippen LogP contribution < -0.4 is 0 Å². The highest BCUT2D eigenvalue weighted by molar-refractivity contribution is 5.89. The highest BCUT2D eigenvalue weighted by Crippen LogP contribution is 2.15. The van der Waals surface area contributed by atoms with Gasteiger partial charge in [-0.25, -0.2) is 0 Å². The summed E-state index contributed by atoms with van der Waals surface area (Å²) in [4.78, 5) is 0. The molecule has 52 valence electrons. The predicted molar refractivity (Wildman–Crippen MR) is 33.8 cm³/mol. The quantitative estimate of drug-likeness (QED) is 0.392. The summed E-state index contributed by atoms with van der Waals surface area (Å²) in [5.41, 5.74) is 0.752. The second-order valence-electron chi connectivity index (χ2n) is 2.38. The van der Waals surface area contributed by atoms with E-state index in [1.54, 1.807) is 0 Å². The molecule has 0 aliphatic carbocycles. The van der Waals surface area contributed by atoms with Gasteiger partial charge >= 0.3 is 0 Å². The number of nitrogens with zero attached hydrogens (tertiary/aromatic N) is 1. The number of hydrogen-bond acceptors (Lipinski definition) is 3. The zero-order valence-electron chi connectivity index (χ0n) is 5.66. The van der Waals surface area contributed by atoms with Gasteiger partial charge in [-0.15, -0.1) is 0 Å². The van der Waals surface area contributed by atoms with Gasteiger partial charge in [0.15, 0.2) is 0 Å². The van der Waals surface area contributed by atoms with E-state index in [1.165, 1.54) is 0 Å². The fourth-order valence-electron chi connectivity index (χ4n) is 1.06. The third-order valence-electron chi connectivity index (χ3n) is 1.53. The molecule has 0 radical (unpaired) electrons. The molecule has 1 saturated heterocycles. The summed E-state index contributed by atoms with van der Waals surface area (Å²) in [5.74, 6) is 0. The summed E-state index contributed by atoms with van der Waals surface area (Å²) in [6, 6.07) is 0. The monoisotopic (exact) mass is 129 g/mol. The zero-order valence-corrected chi connectivity index (χ0v) is 5.66. The molecule has 2 unspecified atom stereocenters. The first kappa shape index (κ1) is 6.55. The van der Waals surface area contributed by atoms with Crippen LogP contribution in [0, 0.1) is 0 Å². The summed E-state index contributed by atoms with van der Waals surface area (Å²) >= 11 is 0. The zero-order chi connectivity index (χ0) is 6.85. The van der Waals surface area contributed by atoms with Crippen LogP contribution in [-0.2, 0) is 4.74 Å². The third-order valence-corrected chi connectivity index (χ3v) is 1.53. The number of rotatable bonds is 0. The lowest BCUT2D eigenvalue weighted by atomic mass is 10.2. The number of ether oxygens (including phenoxy) is 1. The van der Waals surface area contributed by atoms with E-state index < -0.39 is 0 Å². The molecule has 3 nitrogen and oxygen atoms in total. The summed E-state index contributed by atoms with van der Waals surface area (Å²) in [7, 11) is 0. The van der Waals surface area contributed by atoms with Gasteiger partial charge in [0.05, 0.1) is 17.9 Å². The molecule has 0 spiro atoms. The molecular weight excluding hydrogens is 118 g/mol. The number of oxime groups is 1. The topological polar surface area (TPSA) is 41.8 Å². The first-order valence-electron chi connectivity index (χ1n) is 3.10. The van der Waals surface area contributed by atoms with Gasteiger partial charge < -0.3 is 9.94 Å². The molecule has 3 heteroatoms. The van der Waals surface area contributed by atoms with Crippen LogP contribution in [0.1, 0.15) is 20.3 Å². The van der Waals surface area contributed by atoms with E-state index >= 15 is 0 Å². The van der Waals surface area contributed by atoms with Gasteiger partial charge in [0, 0.05) is 6.42 Å². The first-order valence-corrected chi connectivity index (χ1v) is 3.10. The fraction of sp³-hybridized carbons (Fsp3) is 0.833. The minimum absolute atomic E-state index is 0.00463. The van der Waals surface area contributed by atoms with E-state index in [9.17, 15) is 0 Å². The Morgan fingerprint density at radius 2 is 2.33 bits per heavy atom. The van der Waals surface area contributed by atoms with E-state index in [0.29, 0.717) is 0 Å². The molecule has 9 heavy (non-hydrogen) atoms. The first-order chi connectivity index (χ1) is 4.24. The van der Waals surface area contributed by atoms with Crippen molar-refractivity contribution in [2.75, 3.05) is 0 Å². The van der Waals surface area contributed by atoms with E-state index in [0.717, 1.165) is 12.1 Å². The molecule has 0 bridgehead atoms. The van der Waals surface area contributed by atoms with Crippen molar-refractivity contribution in [3.8, 4) is 0 Å². The van der Waals surface area contributed by atoms with Gasteiger partial charge in [-0.05, 0) is 13.8 Å². The van der Waals surface area contributed by atoms with Crippen molar-refractivity contribution in [3.63, 3.8) is 0 Å². The largest absolute Gasteiger partial charge is 0.411 e. The van der Waals surface area contributed by atoms with Crippen molar-refractivity contribution < 1.29 is 9.94 Å². The van der Waals surface area contributed by atoms with Gasteiger partial charge in [0.1, 0.15) is 0 Å². The fourth-order valence-corrected chi connectivity index (χ4v) is 1.06. The van der Waals surface area contributed by atoms with Crippen molar-refractivity contribution in [2.24, 2.45) is 5.16 Å². The van der Waals surface area contributed by atoms with Gasteiger partial charge in [0.25, 0.3) is 0 Å². The molecule has 1 aliphatic rings. The minimum atomic E-state index is 0.00463. The molecule has 0 amide bonds. The Hall–Kier alpha value is -0.570. The van der Waals surface area contributed by atoms with Crippen LogP contribution in [-0.4, -0.2) is 23.1 Å². The second kappa shape index (κ2) is 2.35. The maximum atomic E-state index is 8.36. The Labute approximate surface area is 54.3 Å². The molecule has 1 heterocycles. The maximum Gasteiger partial charge on any atom is 0.0965 e. The van der Waals surface area contributed by atoms with E-state index in [2.05, 4.69) is 5.16 Å². The van der Waals surface area contributed by atoms with Gasteiger partial charge in [-0.2, -0.15) is 0 Å². The van der Waals surface area contributed by atoms with Crippen molar-refractivity contribution in [1.82, 2.24) is 0 Å². The highest BCUT2D eigenvalue weighted by atomic mass is 16.5. The highest BCUT2D eigenvalue weighted by Gasteiger charge is 2.24. The van der Waals surface area contributed by atoms with E-state index in [-0.39, 0.29) is 12.2 Å². The van der Waals surface area contributed by atoms with Crippen LogP contribution in [0.3, 0.4) is 0 Å². The third kappa shape index (κ3) is 1.21. The van der Waals surface area contributed by atoms with Crippen LogP contribution in [0.25, 0.3) is 0 Å². The van der Waals surface area contributed by atoms with E-state index in [1.807, 2.05) is 13.8 Å². The van der Waals surface area contributed by atoms with Crippen molar-refractivity contribution >= 4 is 5.71 Å². The molecule has 1 rings (SSSR count). The summed E-state index contributed by atoms with van der Waals surface area (Å²) in [5, 5.41) is 11.5. The maximum absolute atomic E-state index is 8.36. The Morgan fingerprint density at radius 1 is 1.67 bits per heavy atom. The van der Waals surface area contributed by atoms with Crippen molar-refractivity contribution in [2.45, 2.75) is 32.5 Å². The van der Waals surface area contributed by atoms with Gasteiger partial charge in [-0.1, -0.05) is 5.16 Å².